The first-order valence-corrected chi connectivity index (χ1v) is 8.87. The fraction of sp³-hybridized carbons (Fsp3) is 0.571. The maximum Gasteiger partial charge on any atom is 0.208 e. The van der Waals surface area contributed by atoms with Crippen molar-refractivity contribution in [2.75, 3.05) is 46.0 Å². The highest BCUT2D eigenvalue weighted by Crippen LogP contribution is 2.22. The Bertz CT molecular complexity index is 554. The quantitative estimate of drug-likeness (QED) is 0.867. The molecule has 0 aromatic heterocycles. The molecule has 0 aliphatic carbocycles. The summed E-state index contributed by atoms with van der Waals surface area (Å²) >= 11 is 0. The van der Waals surface area contributed by atoms with Crippen LogP contribution in [0, 0.1) is 5.82 Å². The smallest absolute Gasteiger partial charge is 0.208 e. The van der Waals surface area contributed by atoms with Crippen molar-refractivity contribution in [3.05, 3.63) is 35.6 Å². The second-order valence-corrected chi connectivity index (χ2v) is 7.36. The van der Waals surface area contributed by atoms with E-state index in [1.807, 2.05) is 0 Å². The van der Waals surface area contributed by atoms with Gasteiger partial charge in [-0.2, -0.15) is 0 Å². The Hall–Kier alpha value is -1.02. The second kappa shape index (κ2) is 6.83. The lowest BCUT2D eigenvalue weighted by Crippen LogP contribution is -2.48. The van der Waals surface area contributed by atoms with Crippen LogP contribution >= 0.6 is 0 Å². The van der Waals surface area contributed by atoms with E-state index in [1.54, 1.807) is 12.1 Å². The van der Waals surface area contributed by atoms with Crippen molar-refractivity contribution in [2.24, 2.45) is 0 Å². The number of rotatable bonds is 5. The predicted octanol–water partition coefficient (Wildman–Crippen LogP) is 0.663. The van der Waals surface area contributed by atoms with Crippen LogP contribution in [0.5, 0.6) is 0 Å². The monoisotopic (exact) mass is 315 g/mol. The summed E-state index contributed by atoms with van der Waals surface area (Å²) in [7, 11) is -1.18. The van der Waals surface area contributed by atoms with Gasteiger partial charge in [-0.15, -0.1) is 0 Å². The van der Waals surface area contributed by atoms with Crippen molar-refractivity contribution < 1.29 is 12.8 Å². The van der Waals surface area contributed by atoms with Crippen LogP contribution < -0.4 is 4.72 Å². The molecule has 7 heteroatoms. The van der Waals surface area contributed by atoms with Crippen molar-refractivity contribution in [1.29, 1.82) is 0 Å². The summed E-state index contributed by atoms with van der Waals surface area (Å²) in [6.45, 7) is 3.91. The van der Waals surface area contributed by atoms with Gasteiger partial charge in [0, 0.05) is 38.8 Å². The summed E-state index contributed by atoms with van der Waals surface area (Å²) in [5, 5.41) is 0. The molecule has 0 saturated carbocycles. The number of benzene rings is 1. The van der Waals surface area contributed by atoms with Crippen molar-refractivity contribution in [2.45, 2.75) is 6.04 Å². The fourth-order valence-electron chi connectivity index (χ4n) is 2.51. The summed E-state index contributed by atoms with van der Waals surface area (Å²) in [5.74, 6) is -0.285. The first kappa shape index (κ1) is 16.4. The van der Waals surface area contributed by atoms with Crippen molar-refractivity contribution in [3.63, 3.8) is 0 Å². The van der Waals surface area contributed by atoms with Gasteiger partial charge in [0.2, 0.25) is 10.0 Å². The van der Waals surface area contributed by atoms with Crippen LogP contribution in [0.15, 0.2) is 24.3 Å². The van der Waals surface area contributed by atoms with Crippen molar-refractivity contribution in [1.82, 2.24) is 14.5 Å². The summed E-state index contributed by atoms with van der Waals surface area (Å²) in [6.07, 6.45) is 1.15. The Kier molecular flexibility index (Phi) is 5.32. The first-order chi connectivity index (χ1) is 9.85. The van der Waals surface area contributed by atoms with E-state index in [2.05, 4.69) is 21.6 Å². The average Bonchev–Trinajstić information content (AvgIpc) is 2.41. The molecule has 1 aromatic carbocycles. The van der Waals surface area contributed by atoms with Crippen LogP contribution in [0.25, 0.3) is 0 Å². The highest BCUT2D eigenvalue weighted by atomic mass is 32.2. The van der Waals surface area contributed by atoms with E-state index in [9.17, 15) is 12.8 Å². The van der Waals surface area contributed by atoms with Crippen LogP contribution in [-0.2, 0) is 10.0 Å². The Morgan fingerprint density at radius 2 is 1.76 bits per heavy atom. The molecule has 1 aliphatic rings. The van der Waals surface area contributed by atoms with Crippen LogP contribution in [0.3, 0.4) is 0 Å². The molecule has 0 radical (unpaired) electrons. The maximum absolute atomic E-state index is 13.1. The van der Waals surface area contributed by atoms with Gasteiger partial charge in [0.1, 0.15) is 5.82 Å². The van der Waals surface area contributed by atoms with Gasteiger partial charge >= 0.3 is 0 Å². The van der Waals surface area contributed by atoms with Crippen molar-refractivity contribution >= 4 is 10.0 Å². The minimum Gasteiger partial charge on any atom is -0.304 e. The summed E-state index contributed by atoms with van der Waals surface area (Å²) < 4.78 is 38.4. The molecule has 0 bridgehead atoms. The standard InChI is InChI=1S/C14H22FN3O2S/c1-17-7-9-18(10-8-17)14(11-16-21(2,19)20)12-3-5-13(15)6-4-12/h3-6,14,16H,7-11H2,1-2H3/t14-/m1/s1. The lowest BCUT2D eigenvalue weighted by atomic mass is 10.0. The third kappa shape index (κ3) is 5.03. The highest BCUT2D eigenvalue weighted by molar-refractivity contribution is 7.88. The third-order valence-electron chi connectivity index (χ3n) is 3.77. The molecule has 0 spiro atoms. The van der Waals surface area contributed by atoms with Gasteiger partial charge in [0.05, 0.1) is 6.26 Å². The predicted molar refractivity (Wildman–Crippen MR) is 81.1 cm³/mol. The van der Waals surface area contributed by atoms with E-state index in [0.29, 0.717) is 6.54 Å². The molecular weight excluding hydrogens is 293 g/mol. The molecule has 0 unspecified atom stereocenters. The van der Waals surface area contributed by atoms with Gasteiger partial charge in [-0.05, 0) is 24.7 Å². The SMILES string of the molecule is CN1CCN([C@H](CNS(C)(=O)=O)c2ccc(F)cc2)CC1. The van der Waals surface area contributed by atoms with E-state index < -0.39 is 10.0 Å². The second-order valence-electron chi connectivity index (χ2n) is 5.53. The Balaban J connectivity index is 2.15. The molecule has 0 amide bonds. The largest absolute Gasteiger partial charge is 0.304 e. The zero-order valence-corrected chi connectivity index (χ0v) is 13.2. The molecule has 2 rings (SSSR count). The topological polar surface area (TPSA) is 52.6 Å². The highest BCUT2D eigenvalue weighted by Gasteiger charge is 2.24. The average molecular weight is 315 g/mol. The Morgan fingerprint density at radius 3 is 2.29 bits per heavy atom. The number of hydrogen-bond acceptors (Lipinski definition) is 4. The number of likely N-dealkylation sites (N-methyl/N-ethyl adjacent to an activating group) is 1. The maximum atomic E-state index is 13.1. The van der Waals surface area contributed by atoms with Gasteiger partial charge in [0.15, 0.2) is 0 Å². The van der Waals surface area contributed by atoms with E-state index in [4.69, 9.17) is 0 Å². The molecule has 1 aliphatic heterocycles. The van der Waals surface area contributed by atoms with E-state index in [1.165, 1.54) is 12.1 Å². The molecule has 21 heavy (non-hydrogen) atoms. The lowest BCUT2D eigenvalue weighted by Gasteiger charge is -2.38. The van der Waals surface area contributed by atoms with Crippen LogP contribution in [0.2, 0.25) is 0 Å². The van der Waals surface area contributed by atoms with Crippen molar-refractivity contribution in [3.8, 4) is 0 Å². The van der Waals surface area contributed by atoms with E-state index >= 15 is 0 Å². The number of piperazine rings is 1. The number of sulfonamides is 1. The zero-order valence-electron chi connectivity index (χ0n) is 12.4. The summed E-state index contributed by atoms with van der Waals surface area (Å²) in [4.78, 5) is 4.48. The molecule has 1 saturated heterocycles. The van der Waals surface area contributed by atoms with Gasteiger partial charge in [-0.3, -0.25) is 4.90 Å². The molecule has 5 nitrogen and oxygen atoms in total. The molecule has 118 valence electrons. The van der Waals surface area contributed by atoms with Gasteiger partial charge in [-0.1, -0.05) is 12.1 Å². The van der Waals surface area contributed by atoms with Gasteiger partial charge in [-0.25, -0.2) is 17.5 Å². The molecular formula is C14H22FN3O2S. The molecule has 1 atom stereocenters. The zero-order chi connectivity index (χ0) is 15.5. The third-order valence-corrected chi connectivity index (χ3v) is 4.46. The molecule has 1 N–H and O–H groups in total. The van der Waals surface area contributed by atoms with Crippen LogP contribution in [-0.4, -0.2) is 64.2 Å². The molecule has 1 fully saturated rings. The molecule has 1 heterocycles. The summed E-state index contributed by atoms with van der Waals surface area (Å²) in [6, 6.07) is 6.21. The minimum absolute atomic E-state index is 0.0750. The molecule has 1 aromatic rings. The van der Waals surface area contributed by atoms with Crippen LogP contribution in [0.4, 0.5) is 4.39 Å². The number of nitrogens with one attached hydrogen (secondary N) is 1. The van der Waals surface area contributed by atoms with E-state index in [-0.39, 0.29) is 11.9 Å². The normalized spacial score (nSPS) is 19.6. The Morgan fingerprint density at radius 1 is 1.19 bits per heavy atom. The fourth-order valence-corrected chi connectivity index (χ4v) is 2.97. The lowest BCUT2D eigenvalue weighted by molar-refractivity contribution is 0.113. The minimum atomic E-state index is -3.25. The number of hydrogen-bond donors (Lipinski definition) is 1. The van der Waals surface area contributed by atoms with E-state index in [0.717, 1.165) is 38.0 Å². The summed E-state index contributed by atoms with van der Waals surface area (Å²) in [5.41, 5.74) is 0.928. The van der Waals surface area contributed by atoms with Crippen LogP contribution in [0.1, 0.15) is 11.6 Å². The van der Waals surface area contributed by atoms with Gasteiger partial charge < -0.3 is 4.90 Å². The number of halogens is 1. The Labute approximate surface area is 125 Å². The number of nitrogens with zero attached hydrogens (tertiary/aromatic N) is 2. The first-order valence-electron chi connectivity index (χ1n) is 6.98. The van der Waals surface area contributed by atoms with Gasteiger partial charge in [0.25, 0.3) is 0 Å².